The number of hydrogen-bond donors (Lipinski definition) is 1. The molecule has 0 aliphatic heterocycles. The summed E-state index contributed by atoms with van der Waals surface area (Å²) in [7, 11) is 0. The van der Waals surface area contributed by atoms with Crippen LogP contribution in [0.25, 0.3) is 0 Å². The van der Waals surface area contributed by atoms with Crippen LogP contribution < -0.4 is 4.90 Å². The van der Waals surface area contributed by atoms with Gasteiger partial charge < -0.3 is 10.0 Å². The van der Waals surface area contributed by atoms with Gasteiger partial charge in [0.1, 0.15) is 5.82 Å². The van der Waals surface area contributed by atoms with Crippen molar-refractivity contribution in [1.29, 1.82) is 0 Å². The van der Waals surface area contributed by atoms with E-state index in [1.54, 1.807) is 18.2 Å². The molecule has 1 aromatic carbocycles. The fourth-order valence-corrected chi connectivity index (χ4v) is 2.44. The fourth-order valence-electron chi connectivity index (χ4n) is 2.44. The SMILES string of the molecule is OCCCN(Cc1ccc(C(F)(F)F)cc1C(F)(F)F)c1ccccn1. The summed E-state index contributed by atoms with van der Waals surface area (Å²) < 4.78 is 78.1. The summed E-state index contributed by atoms with van der Waals surface area (Å²) in [5, 5.41) is 8.99. The van der Waals surface area contributed by atoms with E-state index in [0.717, 1.165) is 6.07 Å². The van der Waals surface area contributed by atoms with E-state index >= 15 is 0 Å². The molecular formula is C17H16F6N2O. The van der Waals surface area contributed by atoms with E-state index in [1.807, 2.05) is 0 Å². The maximum Gasteiger partial charge on any atom is 0.416 e. The number of pyridine rings is 1. The Morgan fingerprint density at radius 3 is 2.23 bits per heavy atom. The third kappa shape index (κ3) is 5.10. The minimum atomic E-state index is -4.93. The van der Waals surface area contributed by atoms with Gasteiger partial charge in [0.15, 0.2) is 0 Å². The number of aliphatic hydroxyl groups is 1. The van der Waals surface area contributed by atoms with Crippen LogP contribution in [0, 0.1) is 0 Å². The van der Waals surface area contributed by atoms with Crippen molar-refractivity contribution in [2.75, 3.05) is 18.1 Å². The summed E-state index contributed by atoms with van der Waals surface area (Å²) in [6, 6.07) is 6.44. The lowest BCUT2D eigenvalue weighted by Gasteiger charge is -2.25. The van der Waals surface area contributed by atoms with E-state index < -0.39 is 23.5 Å². The van der Waals surface area contributed by atoms with Gasteiger partial charge in [0.25, 0.3) is 0 Å². The van der Waals surface area contributed by atoms with Crippen molar-refractivity contribution in [3.63, 3.8) is 0 Å². The number of halogens is 6. The van der Waals surface area contributed by atoms with Crippen molar-refractivity contribution in [3.8, 4) is 0 Å². The summed E-state index contributed by atoms with van der Waals surface area (Å²) in [5.74, 6) is 0.369. The second-order valence-electron chi connectivity index (χ2n) is 5.55. The molecule has 26 heavy (non-hydrogen) atoms. The largest absolute Gasteiger partial charge is 0.416 e. The van der Waals surface area contributed by atoms with E-state index in [1.165, 1.54) is 11.1 Å². The number of nitrogens with zero attached hydrogens (tertiary/aromatic N) is 2. The second kappa shape index (κ2) is 7.94. The van der Waals surface area contributed by atoms with Gasteiger partial charge in [-0.15, -0.1) is 0 Å². The quantitative estimate of drug-likeness (QED) is 0.752. The van der Waals surface area contributed by atoms with Gasteiger partial charge in [-0.2, -0.15) is 26.3 Å². The number of aliphatic hydroxyl groups excluding tert-OH is 1. The first-order valence-electron chi connectivity index (χ1n) is 7.67. The molecule has 1 heterocycles. The van der Waals surface area contributed by atoms with E-state index in [2.05, 4.69) is 4.98 Å². The third-order valence-corrected chi connectivity index (χ3v) is 3.66. The Morgan fingerprint density at radius 1 is 0.962 bits per heavy atom. The van der Waals surface area contributed by atoms with Crippen LogP contribution in [0.4, 0.5) is 32.2 Å². The number of aromatic nitrogens is 1. The normalized spacial score (nSPS) is 12.3. The van der Waals surface area contributed by atoms with Crippen LogP contribution >= 0.6 is 0 Å². The molecule has 0 unspecified atom stereocenters. The molecular weight excluding hydrogens is 362 g/mol. The van der Waals surface area contributed by atoms with Crippen LogP contribution in [0.1, 0.15) is 23.1 Å². The first-order chi connectivity index (χ1) is 12.1. The van der Waals surface area contributed by atoms with Crippen molar-refractivity contribution in [2.24, 2.45) is 0 Å². The van der Waals surface area contributed by atoms with Crippen molar-refractivity contribution < 1.29 is 31.4 Å². The van der Waals surface area contributed by atoms with Crippen LogP contribution in [-0.2, 0) is 18.9 Å². The smallest absolute Gasteiger partial charge is 0.396 e. The molecule has 2 rings (SSSR count). The summed E-state index contributed by atoms with van der Waals surface area (Å²) >= 11 is 0. The molecule has 0 saturated heterocycles. The molecule has 0 bridgehead atoms. The molecule has 0 radical (unpaired) electrons. The number of rotatable bonds is 6. The lowest BCUT2D eigenvalue weighted by Crippen LogP contribution is -2.27. The number of benzene rings is 1. The minimum Gasteiger partial charge on any atom is -0.396 e. The monoisotopic (exact) mass is 378 g/mol. The highest BCUT2D eigenvalue weighted by molar-refractivity contribution is 5.42. The van der Waals surface area contributed by atoms with E-state index in [9.17, 15) is 26.3 Å². The van der Waals surface area contributed by atoms with Crippen LogP contribution in [0.2, 0.25) is 0 Å². The van der Waals surface area contributed by atoms with Crippen molar-refractivity contribution >= 4 is 5.82 Å². The number of hydrogen-bond acceptors (Lipinski definition) is 3. The first-order valence-corrected chi connectivity index (χ1v) is 7.67. The van der Waals surface area contributed by atoms with Gasteiger partial charge in [0.2, 0.25) is 0 Å². The lowest BCUT2D eigenvalue weighted by atomic mass is 10.0. The molecule has 0 aliphatic rings. The molecule has 142 valence electrons. The Hall–Kier alpha value is -2.29. The molecule has 0 fully saturated rings. The van der Waals surface area contributed by atoms with Crippen LogP contribution in [0.15, 0.2) is 42.6 Å². The maximum atomic E-state index is 13.3. The summed E-state index contributed by atoms with van der Waals surface area (Å²) in [4.78, 5) is 5.54. The Balaban J connectivity index is 2.41. The van der Waals surface area contributed by atoms with Crippen molar-refractivity contribution in [1.82, 2.24) is 4.98 Å². The summed E-state index contributed by atoms with van der Waals surface area (Å²) in [6.07, 6.45) is -8.06. The fraction of sp³-hybridized carbons (Fsp3) is 0.353. The van der Waals surface area contributed by atoms with Crippen LogP contribution in [0.3, 0.4) is 0 Å². The van der Waals surface area contributed by atoms with Gasteiger partial charge in [-0.3, -0.25) is 0 Å². The predicted molar refractivity (Wildman–Crippen MR) is 83.4 cm³/mol. The molecule has 1 N–H and O–H groups in total. The number of alkyl halides is 6. The van der Waals surface area contributed by atoms with Gasteiger partial charge in [-0.1, -0.05) is 12.1 Å². The average Bonchev–Trinajstić information content (AvgIpc) is 2.57. The average molecular weight is 378 g/mol. The molecule has 3 nitrogen and oxygen atoms in total. The predicted octanol–water partition coefficient (Wildman–Crippen LogP) is 4.51. The Labute approximate surface area is 145 Å². The van der Waals surface area contributed by atoms with Gasteiger partial charge in [0, 0.05) is 25.9 Å². The molecule has 0 amide bonds. The van der Waals surface area contributed by atoms with Gasteiger partial charge >= 0.3 is 12.4 Å². The third-order valence-electron chi connectivity index (χ3n) is 3.66. The lowest BCUT2D eigenvalue weighted by molar-refractivity contribution is -0.143. The molecule has 0 spiro atoms. The molecule has 9 heteroatoms. The van der Waals surface area contributed by atoms with Gasteiger partial charge in [-0.05, 0) is 36.2 Å². The maximum absolute atomic E-state index is 13.3. The summed E-state index contributed by atoms with van der Waals surface area (Å²) in [6.45, 7) is -0.266. The van der Waals surface area contributed by atoms with Gasteiger partial charge in [0.05, 0.1) is 11.1 Å². The van der Waals surface area contributed by atoms with E-state index in [-0.39, 0.29) is 37.7 Å². The Kier molecular flexibility index (Phi) is 6.12. The Bertz CT molecular complexity index is 715. The summed E-state index contributed by atoms with van der Waals surface area (Å²) in [5.41, 5.74) is -2.99. The van der Waals surface area contributed by atoms with Crippen LogP contribution in [0.5, 0.6) is 0 Å². The molecule has 2 aromatic rings. The molecule has 0 aliphatic carbocycles. The Morgan fingerprint density at radius 2 is 1.69 bits per heavy atom. The first kappa shape index (κ1) is 20.0. The van der Waals surface area contributed by atoms with Crippen molar-refractivity contribution in [2.45, 2.75) is 25.3 Å². The molecule has 0 saturated carbocycles. The van der Waals surface area contributed by atoms with E-state index in [0.29, 0.717) is 11.9 Å². The van der Waals surface area contributed by atoms with Gasteiger partial charge in [-0.25, -0.2) is 4.98 Å². The number of anilines is 1. The highest BCUT2D eigenvalue weighted by Gasteiger charge is 2.38. The van der Waals surface area contributed by atoms with Crippen molar-refractivity contribution in [3.05, 3.63) is 59.3 Å². The minimum absolute atomic E-state index is 0.123. The highest BCUT2D eigenvalue weighted by Crippen LogP contribution is 2.38. The zero-order valence-corrected chi connectivity index (χ0v) is 13.5. The molecule has 0 atom stereocenters. The highest BCUT2D eigenvalue weighted by atomic mass is 19.4. The standard InChI is InChI=1S/C17H16F6N2O/c18-16(19,20)13-6-5-12(14(10-13)17(21,22)23)11-25(8-3-9-26)15-4-1-2-7-24-15/h1-2,4-7,10,26H,3,8-9,11H2. The zero-order chi connectivity index (χ0) is 19.4. The van der Waals surface area contributed by atoms with Crippen LogP contribution in [-0.4, -0.2) is 23.2 Å². The second-order valence-corrected chi connectivity index (χ2v) is 5.55. The zero-order valence-electron chi connectivity index (χ0n) is 13.5. The topological polar surface area (TPSA) is 36.4 Å². The van der Waals surface area contributed by atoms with E-state index in [4.69, 9.17) is 5.11 Å². The molecule has 1 aromatic heterocycles.